The van der Waals surface area contributed by atoms with E-state index >= 15 is 0 Å². The molecular weight excluding hydrogens is 671 g/mol. The monoisotopic (exact) mass is 703 g/mol. The van der Waals surface area contributed by atoms with Crippen LogP contribution in [0, 0.1) is 0 Å². The molecule has 0 N–H and O–H groups in total. The Hall–Kier alpha value is -7.43. The molecule has 4 heterocycles. The van der Waals surface area contributed by atoms with E-state index in [4.69, 9.17) is 19.4 Å². The second kappa shape index (κ2) is 13.8. The van der Waals surface area contributed by atoms with Crippen LogP contribution in [0.5, 0.6) is 0 Å². The normalized spacial score (nSPS) is 11.3. The summed E-state index contributed by atoms with van der Waals surface area (Å²) in [6.45, 7) is 0. The van der Waals surface area contributed by atoms with Crippen molar-refractivity contribution in [3.63, 3.8) is 0 Å². The number of fused-ring (bicyclic) bond motifs is 3. The number of para-hydroxylation sites is 1. The van der Waals surface area contributed by atoms with Crippen LogP contribution in [0.1, 0.15) is 0 Å². The van der Waals surface area contributed by atoms with Gasteiger partial charge >= 0.3 is 0 Å². The molecule has 0 unspecified atom stereocenters. The van der Waals surface area contributed by atoms with E-state index in [0.29, 0.717) is 0 Å². The van der Waals surface area contributed by atoms with Gasteiger partial charge in [0.05, 0.1) is 34.2 Å². The van der Waals surface area contributed by atoms with Crippen molar-refractivity contribution in [2.45, 2.75) is 0 Å². The zero-order chi connectivity index (χ0) is 36.6. The Morgan fingerprint density at radius 3 is 1.02 bits per heavy atom. The molecule has 0 fully saturated rings. The third-order valence-corrected chi connectivity index (χ3v) is 10.1. The summed E-state index contributed by atoms with van der Waals surface area (Å²) < 4.78 is 6.22. The summed E-state index contributed by atoms with van der Waals surface area (Å²) in [5, 5.41) is 2.17. The highest BCUT2D eigenvalue weighted by molar-refractivity contribution is 6.06. The smallest absolute Gasteiger partial charge is 0.135 e. The predicted molar refractivity (Wildman–Crippen MR) is 225 cm³/mol. The fraction of sp³-hybridized carbons (Fsp3) is 0. The second-order valence-electron chi connectivity index (χ2n) is 13.7. The molecule has 0 bridgehead atoms. The minimum absolute atomic E-state index is 0.848. The molecule has 10 aromatic rings. The van der Waals surface area contributed by atoms with Crippen molar-refractivity contribution in [2.75, 3.05) is 0 Å². The van der Waals surface area contributed by atoms with Crippen molar-refractivity contribution >= 4 is 21.9 Å². The largest absolute Gasteiger partial charge is 0.456 e. The maximum absolute atomic E-state index is 6.22. The number of furan rings is 1. The quantitative estimate of drug-likeness (QED) is 0.166. The molecule has 0 aliphatic rings. The molecule has 0 atom stereocenters. The number of hydrogen-bond acceptors (Lipinski definition) is 4. The summed E-state index contributed by atoms with van der Waals surface area (Å²) in [7, 11) is 0. The number of hydrogen-bond donors (Lipinski definition) is 0. The van der Waals surface area contributed by atoms with Crippen LogP contribution in [-0.4, -0.2) is 15.0 Å². The molecule has 0 amide bonds. The van der Waals surface area contributed by atoms with Gasteiger partial charge in [-0.3, -0.25) is 0 Å². The van der Waals surface area contributed by atoms with Crippen molar-refractivity contribution in [2.24, 2.45) is 0 Å². The second-order valence-corrected chi connectivity index (χ2v) is 13.7. The van der Waals surface area contributed by atoms with Gasteiger partial charge in [0.15, 0.2) is 0 Å². The highest BCUT2D eigenvalue weighted by Gasteiger charge is 2.17. The van der Waals surface area contributed by atoms with E-state index in [9.17, 15) is 0 Å². The lowest BCUT2D eigenvalue weighted by atomic mass is 9.96. The van der Waals surface area contributed by atoms with Crippen molar-refractivity contribution in [1.82, 2.24) is 15.0 Å². The first-order chi connectivity index (χ1) is 27.2. The van der Waals surface area contributed by atoms with Crippen LogP contribution in [0.25, 0.3) is 101 Å². The highest BCUT2D eigenvalue weighted by Crippen LogP contribution is 2.38. The van der Waals surface area contributed by atoms with E-state index in [1.807, 2.05) is 36.4 Å². The van der Waals surface area contributed by atoms with Crippen LogP contribution < -0.4 is 0 Å². The predicted octanol–water partition coefficient (Wildman–Crippen LogP) is 13.4. The minimum atomic E-state index is 0.848. The van der Waals surface area contributed by atoms with Gasteiger partial charge in [0.25, 0.3) is 0 Å². The third kappa shape index (κ3) is 6.36. The molecule has 0 aliphatic heterocycles. The van der Waals surface area contributed by atoms with Crippen molar-refractivity contribution in [1.29, 1.82) is 0 Å². The molecule has 0 radical (unpaired) electrons. The van der Waals surface area contributed by atoms with Gasteiger partial charge in [-0.15, -0.1) is 0 Å². The van der Waals surface area contributed by atoms with Crippen molar-refractivity contribution in [3.8, 4) is 78.7 Å². The fourth-order valence-electron chi connectivity index (χ4n) is 7.28. The molecule has 10 rings (SSSR count). The number of nitrogens with zero attached hydrogens (tertiary/aromatic N) is 3. The van der Waals surface area contributed by atoms with Gasteiger partial charge in [0.1, 0.15) is 11.2 Å². The molecule has 0 saturated heterocycles. The Bertz CT molecular complexity index is 2700. The van der Waals surface area contributed by atoms with Crippen LogP contribution in [0.4, 0.5) is 0 Å². The first-order valence-corrected chi connectivity index (χ1v) is 18.4. The van der Waals surface area contributed by atoms with Crippen molar-refractivity contribution in [3.05, 3.63) is 200 Å². The third-order valence-electron chi connectivity index (χ3n) is 10.1. The van der Waals surface area contributed by atoms with Crippen LogP contribution in [0.3, 0.4) is 0 Å². The van der Waals surface area contributed by atoms with Gasteiger partial charge in [-0.2, -0.15) is 0 Å². The van der Waals surface area contributed by atoms with Gasteiger partial charge < -0.3 is 4.42 Å². The Morgan fingerprint density at radius 1 is 0.236 bits per heavy atom. The molecule has 0 saturated carbocycles. The molecule has 4 heteroatoms. The van der Waals surface area contributed by atoms with E-state index in [1.54, 1.807) is 0 Å². The Kier molecular flexibility index (Phi) is 8.12. The Labute approximate surface area is 319 Å². The SMILES string of the molecule is c1ccc(-c2cc(-c3cc(-c4ccc5oc6ccccc6c5c4)cc(-c4cc(-c5ccccc5)nc(-c5ccccc5)c4)n3)cc(-c3ccccc3)n2)cc1. The van der Waals surface area contributed by atoms with E-state index in [1.165, 1.54) is 0 Å². The number of benzene rings is 6. The lowest BCUT2D eigenvalue weighted by Crippen LogP contribution is -1.96. The first-order valence-electron chi connectivity index (χ1n) is 18.4. The molecule has 258 valence electrons. The molecule has 55 heavy (non-hydrogen) atoms. The van der Waals surface area contributed by atoms with Gasteiger partial charge in [-0.1, -0.05) is 146 Å². The van der Waals surface area contributed by atoms with E-state index in [-0.39, 0.29) is 0 Å². The van der Waals surface area contributed by atoms with Gasteiger partial charge in [0.2, 0.25) is 0 Å². The number of pyridine rings is 3. The highest BCUT2D eigenvalue weighted by atomic mass is 16.3. The molecule has 0 spiro atoms. The Morgan fingerprint density at radius 2 is 0.582 bits per heavy atom. The van der Waals surface area contributed by atoms with Crippen LogP contribution >= 0.6 is 0 Å². The maximum Gasteiger partial charge on any atom is 0.135 e. The lowest BCUT2D eigenvalue weighted by molar-refractivity contribution is 0.669. The van der Waals surface area contributed by atoms with Gasteiger partial charge in [0, 0.05) is 44.2 Å². The summed E-state index contributed by atoms with van der Waals surface area (Å²) >= 11 is 0. The molecular formula is C51H33N3O. The molecule has 4 aromatic heterocycles. The van der Waals surface area contributed by atoms with Gasteiger partial charge in [-0.25, -0.2) is 15.0 Å². The summed E-state index contributed by atoms with van der Waals surface area (Å²) in [5.41, 5.74) is 15.2. The topological polar surface area (TPSA) is 51.8 Å². The molecule has 6 aromatic carbocycles. The number of aromatic nitrogens is 3. The van der Waals surface area contributed by atoms with Gasteiger partial charge in [-0.05, 0) is 65.7 Å². The summed E-state index contributed by atoms with van der Waals surface area (Å²) in [4.78, 5) is 15.8. The summed E-state index contributed by atoms with van der Waals surface area (Å²) in [6.07, 6.45) is 0. The standard InChI is InChI=1S/C51H33N3O/c1-5-15-34(16-6-1)44-30-40(31-45(52-44)35-17-7-2-8-18-35)48-28-39(38-25-26-51-43(27-38)42-23-13-14-24-50(42)55-51)29-49(54-48)41-32-46(36-19-9-3-10-20-36)53-47(33-41)37-21-11-4-12-22-37/h1-33H. The zero-order valence-electron chi connectivity index (χ0n) is 29.8. The first kappa shape index (κ1) is 32.2. The van der Waals surface area contributed by atoms with Crippen molar-refractivity contribution < 1.29 is 4.42 Å². The number of rotatable bonds is 7. The summed E-state index contributed by atoms with van der Waals surface area (Å²) in [5.74, 6) is 0. The average molecular weight is 704 g/mol. The maximum atomic E-state index is 6.22. The lowest BCUT2D eigenvalue weighted by Gasteiger charge is -2.14. The van der Waals surface area contributed by atoms with E-state index in [0.717, 1.165) is 101 Å². The van der Waals surface area contributed by atoms with Crippen LogP contribution in [-0.2, 0) is 0 Å². The average Bonchev–Trinajstić information content (AvgIpc) is 3.65. The van der Waals surface area contributed by atoms with Crippen LogP contribution in [0.2, 0.25) is 0 Å². The van der Waals surface area contributed by atoms with E-state index < -0.39 is 0 Å². The Balaban J connectivity index is 1.23. The van der Waals surface area contributed by atoms with E-state index in [2.05, 4.69) is 164 Å². The fourth-order valence-corrected chi connectivity index (χ4v) is 7.28. The van der Waals surface area contributed by atoms with Crippen LogP contribution in [0.15, 0.2) is 205 Å². The minimum Gasteiger partial charge on any atom is -0.456 e. The molecule has 0 aliphatic carbocycles. The molecule has 4 nitrogen and oxygen atoms in total. The summed E-state index contributed by atoms with van der Waals surface area (Å²) in [6, 6.07) is 69.1. The zero-order valence-corrected chi connectivity index (χ0v) is 29.8.